The number of nitrogens with one attached hydrogen (secondary N) is 2. The molecule has 1 saturated carbocycles. The van der Waals surface area contributed by atoms with E-state index in [9.17, 15) is 12.8 Å². The van der Waals surface area contributed by atoms with Gasteiger partial charge in [0, 0.05) is 18.2 Å². The Morgan fingerprint density at radius 3 is 2.68 bits per heavy atom. The normalized spacial score (nSPS) is 16.3. The van der Waals surface area contributed by atoms with Crippen LogP contribution in [0.1, 0.15) is 31.7 Å². The van der Waals surface area contributed by atoms with Crippen LogP contribution in [0, 0.1) is 5.82 Å². The molecular weight excluding hydrogens is 267 g/mol. The molecule has 0 atom stereocenters. The molecule has 1 fully saturated rings. The average Bonchev–Trinajstić information content (AvgIpc) is 2.33. The smallest absolute Gasteiger partial charge is 0.240 e. The highest BCUT2D eigenvalue weighted by atomic mass is 32.2. The largest absolute Gasteiger partial charge is 0.313 e. The third-order valence-corrected chi connectivity index (χ3v) is 4.84. The van der Waals surface area contributed by atoms with Crippen molar-refractivity contribution in [3.63, 3.8) is 0 Å². The van der Waals surface area contributed by atoms with Crippen molar-refractivity contribution >= 4 is 10.0 Å². The first-order valence-corrected chi connectivity index (χ1v) is 8.02. The first-order chi connectivity index (χ1) is 9.03. The van der Waals surface area contributed by atoms with E-state index >= 15 is 0 Å². The predicted molar refractivity (Wildman–Crippen MR) is 71.7 cm³/mol. The van der Waals surface area contributed by atoms with Gasteiger partial charge in [-0.1, -0.05) is 13.3 Å². The highest BCUT2D eigenvalue weighted by Crippen LogP contribution is 2.22. The van der Waals surface area contributed by atoms with Gasteiger partial charge >= 0.3 is 0 Å². The topological polar surface area (TPSA) is 58.2 Å². The maximum absolute atomic E-state index is 13.6. The van der Waals surface area contributed by atoms with Crippen molar-refractivity contribution in [3.8, 4) is 0 Å². The van der Waals surface area contributed by atoms with Crippen LogP contribution in [0.5, 0.6) is 0 Å². The molecule has 0 aromatic heterocycles. The Labute approximate surface area is 113 Å². The highest BCUT2D eigenvalue weighted by Gasteiger charge is 2.25. The lowest BCUT2D eigenvalue weighted by Gasteiger charge is -2.26. The molecule has 0 unspecified atom stereocenters. The molecule has 0 heterocycles. The van der Waals surface area contributed by atoms with Crippen molar-refractivity contribution in [2.24, 2.45) is 0 Å². The molecule has 0 spiro atoms. The molecular formula is C13H19FN2O2S. The fraction of sp³-hybridized carbons (Fsp3) is 0.538. The van der Waals surface area contributed by atoms with Gasteiger partial charge in [0.05, 0.1) is 4.90 Å². The van der Waals surface area contributed by atoms with Gasteiger partial charge in [0.1, 0.15) is 5.82 Å². The quantitative estimate of drug-likeness (QED) is 0.838. The van der Waals surface area contributed by atoms with Crippen LogP contribution < -0.4 is 10.0 Å². The van der Waals surface area contributed by atoms with Crippen molar-refractivity contribution < 1.29 is 12.8 Å². The van der Waals surface area contributed by atoms with Gasteiger partial charge in [-0.2, -0.15) is 0 Å². The summed E-state index contributed by atoms with van der Waals surface area (Å²) in [5.41, 5.74) is 0.373. The third kappa shape index (κ3) is 3.52. The predicted octanol–water partition coefficient (Wildman–Crippen LogP) is 1.77. The molecule has 2 rings (SSSR count). The number of rotatable bonds is 6. The van der Waals surface area contributed by atoms with Crippen LogP contribution in [0.15, 0.2) is 23.1 Å². The summed E-state index contributed by atoms with van der Waals surface area (Å²) >= 11 is 0. The third-order valence-electron chi connectivity index (χ3n) is 3.32. The number of benzene rings is 1. The number of hydrogen-bond acceptors (Lipinski definition) is 3. The molecule has 0 bridgehead atoms. The number of hydrogen-bond donors (Lipinski definition) is 2. The summed E-state index contributed by atoms with van der Waals surface area (Å²) in [6.45, 7) is 2.95. The summed E-state index contributed by atoms with van der Waals surface area (Å²) in [5.74, 6) is -0.386. The minimum Gasteiger partial charge on any atom is -0.313 e. The van der Waals surface area contributed by atoms with Gasteiger partial charge in [-0.25, -0.2) is 17.5 Å². The van der Waals surface area contributed by atoms with Crippen LogP contribution >= 0.6 is 0 Å². The van der Waals surface area contributed by atoms with E-state index in [4.69, 9.17) is 0 Å². The molecule has 2 N–H and O–H groups in total. The lowest BCUT2D eigenvalue weighted by atomic mass is 9.94. The van der Waals surface area contributed by atoms with Crippen molar-refractivity contribution in [1.82, 2.24) is 10.0 Å². The molecule has 6 heteroatoms. The van der Waals surface area contributed by atoms with Gasteiger partial charge in [-0.05, 0) is 37.6 Å². The molecule has 0 radical (unpaired) electrons. The Morgan fingerprint density at radius 2 is 2.11 bits per heavy atom. The second-order valence-electron chi connectivity index (χ2n) is 4.78. The van der Waals surface area contributed by atoms with Crippen molar-refractivity contribution in [2.75, 3.05) is 6.54 Å². The summed E-state index contributed by atoms with van der Waals surface area (Å²) in [6, 6.07) is 3.96. The van der Waals surface area contributed by atoms with Crippen LogP contribution in [-0.4, -0.2) is 21.0 Å². The SMILES string of the molecule is CCNCc1cc(S(=O)(=O)NC2CCC2)ccc1F. The van der Waals surface area contributed by atoms with Crippen LogP contribution in [-0.2, 0) is 16.6 Å². The van der Waals surface area contributed by atoms with E-state index in [-0.39, 0.29) is 16.8 Å². The summed E-state index contributed by atoms with van der Waals surface area (Å²) in [4.78, 5) is 0.133. The van der Waals surface area contributed by atoms with Crippen LogP contribution in [0.3, 0.4) is 0 Å². The van der Waals surface area contributed by atoms with E-state index in [0.717, 1.165) is 19.3 Å². The molecule has 4 nitrogen and oxygen atoms in total. The Balaban J connectivity index is 2.18. The lowest BCUT2D eigenvalue weighted by Crippen LogP contribution is -2.39. The minimum atomic E-state index is -3.53. The van der Waals surface area contributed by atoms with Crippen LogP contribution in [0.25, 0.3) is 0 Å². The van der Waals surface area contributed by atoms with Gasteiger partial charge in [0.2, 0.25) is 10.0 Å². The Kier molecular flexibility index (Phi) is 4.54. The van der Waals surface area contributed by atoms with E-state index < -0.39 is 10.0 Å². The molecule has 106 valence electrons. The van der Waals surface area contributed by atoms with Gasteiger partial charge in [0.25, 0.3) is 0 Å². The standard InChI is InChI=1S/C13H19FN2O2S/c1-2-15-9-10-8-12(6-7-13(10)14)19(17,18)16-11-4-3-5-11/h6-8,11,15-16H,2-5,9H2,1H3. The maximum Gasteiger partial charge on any atom is 0.240 e. The average molecular weight is 286 g/mol. The molecule has 0 amide bonds. The Bertz CT molecular complexity index is 542. The van der Waals surface area contributed by atoms with Gasteiger partial charge in [0.15, 0.2) is 0 Å². The van der Waals surface area contributed by atoms with E-state index in [0.29, 0.717) is 18.7 Å². The zero-order valence-corrected chi connectivity index (χ0v) is 11.8. The molecule has 0 saturated heterocycles. The molecule has 1 aliphatic carbocycles. The molecule has 0 aliphatic heterocycles. The van der Waals surface area contributed by atoms with Gasteiger partial charge in [-0.3, -0.25) is 0 Å². The van der Waals surface area contributed by atoms with Crippen LogP contribution in [0.4, 0.5) is 4.39 Å². The zero-order valence-electron chi connectivity index (χ0n) is 10.9. The van der Waals surface area contributed by atoms with E-state index in [1.165, 1.54) is 18.2 Å². The summed E-state index contributed by atoms with van der Waals surface area (Å²) in [6.07, 6.45) is 2.82. The first-order valence-electron chi connectivity index (χ1n) is 6.54. The monoisotopic (exact) mass is 286 g/mol. The summed E-state index contributed by atoms with van der Waals surface area (Å²) in [7, 11) is -3.53. The highest BCUT2D eigenvalue weighted by molar-refractivity contribution is 7.89. The van der Waals surface area contributed by atoms with E-state index in [1.807, 2.05) is 6.92 Å². The van der Waals surface area contributed by atoms with Crippen molar-refractivity contribution in [2.45, 2.75) is 43.7 Å². The summed E-state index contributed by atoms with van der Waals surface area (Å²) < 4.78 is 40.4. The first kappa shape index (κ1) is 14.4. The fourth-order valence-electron chi connectivity index (χ4n) is 1.93. The second kappa shape index (κ2) is 5.98. The number of sulfonamides is 1. The Hall–Kier alpha value is -0.980. The van der Waals surface area contributed by atoms with Crippen LogP contribution in [0.2, 0.25) is 0 Å². The van der Waals surface area contributed by atoms with E-state index in [2.05, 4.69) is 10.0 Å². The molecule has 19 heavy (non-hydrogen) atoms. The van der Waals surface area contributed by atoms with E-state index in [1.54, 1.807) is 0 Å². The fourth-order valence-corrected chi connectivity index (χ4v) is 3.28. The lowest BCUT2D eigenvalue weighted by molar-refractivity contribution is 0.383. The molecule has 1 aromatic carbocycles. The molecule has 1 aromatic rings. The van der Waals surface area contributed by atoms with Gasteiger partial charge in [-0.15, -0.1) is 0 Å². The maximum atomic E-state index is 13.6. The summed E-state index contributed by atoms with van der Waals surface area (Å²) in [5, 5.41) is 2.99. The zero-order chi connectivity index (χ0) is 13.9. The van der Waals surface area contributed by atoms with Crippen molar-refractivity contribution in [3.05, 3.63) is 29.6 Å². The second-order valence-corrected chi connectivity index (χ2v) is 6.50. The number of halogens is 1. The van der Waals surface area contributed by atoms with Crippen molar-refractivity contribution in [1.29, 1.82) is 0 Å². The molecule has 1 aliphatic rings. The Morgan fingerprint density at radius 1 is 1.37 bits per heavy atom. The van der Waals surface area contributed by atoms with Gasteiger partial charge < -0.3 is 5.32 Å². The minimum absolute atomic E-state index is 0.0345.